The van der Waals surface area contributed by atoms with Crippen LogP contribution in [0.4, 0.5) is 5.95 Å². The molecule has 0 unspecified atom stereocenters. The summed E-state index contributed by atoms with van der Waals surface area (Å²) in [6.07, 6.45) is 0. The molecule has 0 saturated heterocycles. The monoisotopic (exact) mass is 256 g/mol. The largest absolute Gasteiger partial charge is 0.326 e. The molecule has 0 aliphatic heterocycles. The predicted molar refractivity (Wildman–Crippen MR) is 73.8 cm³/mol. The molecule has 5 nitrogen and oxygen atoms in total. The second kappa shape index (κ2) is 5.58. The van der Waals surface area contributed by atoms with E-state index in [9.17, 15) is 4.79 Å². The third-order valence-corrected chi connectivity index (χ3v) is 2.63. The molecule has 0 saturated carbocycles. The molecule has 2 rings (SSSR count). The summed E-state index contributed by atoms with van der Waals surface area (Å²) in [5, 5.41) is 2.69. The number of nitrogens with one attached hydrogen (secondary N) is 1. The van der Waals surface area contributed by atoms with Gasteiger partial charge in [-0.1, -0.05) is 12.1 Å². The lowest BCUT2D eigenvalue weighted by atomic mass is 10.1. The van der Waals surface area contributed by atoms with Crippen molar-refractivity contribution in [1.29, 1.82) is 0 Å². The van der Waals surface area contributed by atoms with Crippen molar-refractivity contribution >= 4 is 11.9 Å². The van der Waals surface area contributed by atoms with E-state index >= 15 is 0 Å². The van der Waals surface area contributed by atoms with Gasteiger partial charge >= 0.3 is 0 Å². The lowest BCUT2D eigenvalue weighted by Crippen LogP contribution is -2.15. The number of benzene rings is 1. The first-order chi connectivity index (χ1) is 9.08. The van der Waals surface area contributed by atoms with Gasteiger partial charge in [-0.25, -0.2) is 9.97 Å². The number of nitrogens with two attached hydrogens (primary N) is 1. The predicted octanol–water partition coefficient (Wildman–Crippen LogP) is 1.80. The molecule has 0 radical (unpaired) electrons. The number of carbonyl (C=O) groups is 1. The molecule has 1 heterocycles. The fraction of sp³-hybridized carbons (Fsp3) is 0.214. The van der Waals surface area contributed by atoms with Crippen molar-refractivity contribution in [2.24, 2.45) is 5.73 Å². The fourth-order valence-electron chi connectivity index (χ4n) is 1.80. The summed E-state index contributed by atoms with van der Waals surface area (Å²) >= 11 is 0. The minimum atomic E-state index is -0.236. The number of nitrogens with zero attached hydrogens (tertiary/aromatic N) is 2. The Morgan fingerprint density at radius 1 is 1.21 bits per heavy atom. The van der Waals surface area contributed by atoms with Crippen LogP contribution < -0.4 is 11.1 Å². The van der Waals surface area contributed by atoms with E-state index in [1.54, 1.807) is 18.2 Å². The number of hydrogen-bond acceptors (Lipinski definition) is 4. The van der Waals surface area contributed by atoms with Gasteiger partial charge in [0.05, 0.1) is 0 Å². The molecule has 0 aliphatic carbocycles. The van der Waals surface area contributed by atoms with Crippen molar-refractivity contribution in [3.8, 4) is 0 Å². The standard InChI is InChI=1S/C14H16N4O/c1-9-6-10(2)17-14(16-9)18-13(19)12-5-3-4-11(7-12)8-15/h3-7H,8,15H2,1-2H3,(H,16,17,18,19). The average Bonchev–Trinajstić information content (AvgIpc) is 2.37. The second-order valence-electron chi connectivity index (χ2n) is 4.33. The van der Waals surface area contributed by atoms with Crippen LogP contribution in [0.3, 0.4) is 0 Å². The zero-order chi connectivity index (χ0) is 13.8. The van der Waals surface area contributed by atoms with Gasteiger partial charge in [0.25, 0.3) is 5.91 Å². The fourth-order valence-corrected chi connectivity index (χ4v) is 1.80. The molecule has 19 heavy (non-hydrogen) atoms. The molecule has 98 valence electrons. The van der Waals surface area contributed by atoms with Crippen molar-refractivity contribution < 1.29 is 4.79 Å². The van der Waals surface area contributed by atoms with E-state index < -0.39 is 0 Å². The Bertz CT molecular complexity index is 590. The van der Waals surface area contributed by atoms with Crippen LogP contribution in [0, 0.1) is 13.8 Å². The number of aromatic nitrogens is 2. The van der Waals surface area contributed by atoms with Crippen molar-refractivity contribution in [2.45, 2.75) is 20.4 Å². The van der Waals surface area contributed by atoms with Crippen LogP contribution in [0.1, 0.15) is 27.3 Å². The third-order valence-electron chi connectivity index (χ3n) is 2.63. The molecule has 0 bridgehead atoms. The molecule has 0 fully saturated rings. The van der Waals surface area contributed by atoms with Gasteiger partial charge in [0.2, 0.25) is 5.95 Å². The highest BCUT2D eigenvalue weighted by molar-refractivity contribution is 6.03. The van der Waals surface area contributed by atoms with Gasteiger partial charge in [-0.3, -0.25) is 10.1 Å². The summed E-state index contributed by atoms with van der Waals surface area (Å²) in [4.78, 5) is 20.4. The zero-order valence-electron chi connectivity index (χ0n) is 11.0. The molecule has 3 N–H and O–H groups in total. The van der Waals surface area contributed by atoms with Crippen molar-refractivity contribution in [3.05, 3.63) is 52.8 Å². The maximum Gasteiger partial charge on any atom is 0.258 e. The molecule has 0 atom stereocenters. The first-order valence-electron chi connectivity index (χ1n) is 6.01. The highest BCUT2D eigenvalue weighted by atomic mass is 16.1. The number of aryl methyl sites for hydroxylation is 2. The van der Waals surface area contributed by atoms with Crippen molar-refractivity contribution in [2.75, 3.05) is 5.32 Å². The maximum atomic E-state index is 12.1. The van der Waals surface area contributed by atoms with Gasteiger partial charge in [-0.05, 0) is 37.6 Å². The molecule has 5 heteroatoms. The number of anilines is 1. The van der Waals surface area contributed by atoms with Crippen molar-refractivity contribution in [3.63, 3.8) is 0 Å². The Morgan fingerprint density at radius 3 is 2.53 bits per heavy atom. The lowest BCUT2D eigenvalue weighted by Gasteiger charge is -2.06. The number of rotatable bonds is 3. The van der Waals surface area contributed by atoms with E-state index in [2.05, 4.69) is 15.3 Å². The lowest BCUT2D eigenvalue weighted by molar-refractivity contribution is 0.102. The van der Waals surface area contributed by atoms with Gasteiger partial charge in [-0.15, -0.1) is 0 Å². The minimum absolute atomic E-state index is 0.236. The minimum Gasteiger partial charge on any atom is -0.326 e. The Balaban J connectivity index is 2.20. The van der Waals surface area contributed by atoms with Gasteiger partial charge in [0.1, 0.15) is 0 Å². The van der Waals surface area contributed by atoms with E-state index in [1.807, 2.05) is 26.0 Å². The van der Waals surface area contributed by atoms with Crippen LogP contribution in [-0.2, 0) is 6.54 Å². The number of amides is 1. The van der Waals surface area contributed by atoms with Gasteiger partial charge < -0.3 is 5.73 Å². The van der Waals surface area contributed by atoms with Crippen LogP contribution in [0.25, 0.3) is 0 Å². The Labute approximate surface area is 111 Å². The zero-order valence-corrected chi connectivity index (χ0v) is 11.0. The molecule has 2 aromatic rings. The summed E-state index contributed by atoms with van der Waals surface area (Å²) in [5.74, 6) is 0.0842. The normalized spacial score (nSPS) is 10.3. The van der Waals surface area contributed by atoms with E-state index in [0.717, 1.165) is 17.0 Å². The van der Waals surface area contributed by atoms with E-state index in [4.69, 9.17) is 5.73 Å². The van der Waals surface area contributed by atoms with Crippen LogP contribution >= 0.6 is 0 Å². The third kappa shape index (κ3) is 3.35. The van der Waals surface area contributed by atoms with Gasteiger partial charge in [-0.2, -0.15) is 0 Å². The topological polar surface area (TPSA) is 80.9 Å². The first kappa shape index (κ1) is 13.2. The van der Waals surface area contributed by atoms with Crippen LogP contribution in [0.5, 0.6) is 0 Å². The number of hydrogen-bond donors (Lipinski definition) is 2. The molecular formula is C14H16N4O. The highest BCUT2D eigenvalue weighted by Crippen LogP contribution is 2.09. The van der Waals surface area contributed by atoms with Gasteiger partial charge in [0, 0.05) is 23.5 Å². The Hall–Kier alpha value is -2.27. The smallest absolute Gasteiger partial charge is 0.258 e. The first-order valence-corrected chi connectivity index (χ1v) is 6.01. The Morgan fingerprint density at radius 2 is 1.89 bits per heavy atom. The Kier molecular flexibility index (Phi) is 3.87. The van der Waals surface area contributed by atoms with E-state index in [1.165, 1.54) is 0 Å². The molecule has 1 amide bonds. The quantitative estimate of drug-likeness (QED) is 0.877. The molecule has 0 aliphatic rings. The van der Waals surface area contributed by atoms with E-state index in [0.29, 0.717) is 18.1 Å². The summed E-state index contributed by atoms with van der Waals surface area (Å²) in [5.41, 5.74) is 8.65. The molecule has 0 spiro atoms. The van der Waals surface area contributed by atoms with Gasteiger partial charge in [0.15, 0.2) is 0 Å². The molecule has 1 aromatic heterocycles. The van der Waals surface area contributed by atoms with Crippen LogP contribution in [0.15, 0.2) is 30.3 Å². The van der Waals surface area contributed by atoms with Crippen LogP contribution in [-0.4, -0.2) is 15.9 Å². The SMILES string of the molecule is Cc1cc(C)nc(NC(=O)c2cccc(CN)c2)n1. The van der Waals surface area contributed by atoms with Crippen LogP contribution in [0.2, 0.25) is 0 Å². The average molecular weight is 256 g/mol. The molecular weight excluding hydrogens is 240 g/mol. The van der Waals surface area contributed by atoms with E-state index in [-0.39, 0.29) is 5.91 Å². The second-order valence-corrected chi connectivity index (χ2v) is 4.33. The molecule has 1 aromatic carbocycles. The summed E-state index contributed by atoms with van der Waals surface area (Å²) in [6.45, 7) is 4.12. The van der Waals surface area contributed by atoms with Crippen molar-refractivity contribution in [1.82, 2.24) is 9.97 Å². The summed E-state index contributed by atoms with van der Waals surface area (Å²) in [6, 6.07) is 9.03. The number of carbonyl (C=O) groups excluding carboxylic acids is 1. The summed E-state index contributed by atoms with van der Waals surface area (Å²) in [7, 11) is 0. The maximum absolute atomic E-state index is 12.1. The highest BCUT2D eigenvalue weighted by Gasteiger charge is 2.08. The summed E-state index contributed by atoms with van der Waals surface area (Å²) < 4.78 is 0.